The third kappa shape index (κ3) is 2.36. The van der Waals surface area contributed by atoms with Crippen LogP contribution in [0.15, 0.2) is 30.2 Å². The van der Waals surface area contributed by atoms with Crippen molar-refractivity contribution in [3.63, 3.8) is 0 Å². The van der Waals surface area contributed by atoms with Crippen LogP contribution in [0.4, 0.5) is 0 Å². The van der Waals surface area contributed by atoms with Crippen molar-refractivity contribution in [1.82, 2.24) is 14.9 Å². The van der Waals surface area contributed by atoms with E-state index in [-0.39, 0.29) is 18.0 Å². The number of aryl methyl sites for hydroxylation is 1. The molecule has 6 heteroatoms. The van der Waals surface area contributed by atoms with E-state index in [2.05, 4.69) is 10.3 Å². The van der Waals surface area contributed by atoms with Gasteiger partial charge < -0.3 is 15.0 Å². The van der Waals surface area contributed by atoms with Crippen LogP contribution in [0.2, 0.25) is 0 Å². The highest BCUT2D eigenvalue weighted by Crippen LogP contribution is 2.30. The van der Waals surface area contributed by atoms with Gasteiger partial charge in [0.2, 0.25) is 0 Å². The third-order valence-electron chi connectivity index (χ3n) is 3.87. The summed E-state index contributed by atoms with van der Waals surface area (Å²) in [7, 11) is 0. The van der Waals surface area contributed by atoms with E-state index >= 15 is 0 Å². The van der Waals surface area contributed by atoms with Crippen LogP contribution >= 0.6 is 11.3 Å². The summed E-state index contributed by atoms with van der Waals surface area (Å²) in [5, 5.41) is 15.2. The molecule has 0 bridgehead atoms. The quantitative estimate of drug-likeness (QED) is 0.905. The molecule has 3 rings (SSSR count). The van der Waals surface area contributed by atoms with Crippen LogP contribution in [0.25, 0.3) is 0 Å². The first-order chi connectivity index (χ1) is 9.66. The van der Waals surface area contributed by atoms with E-state index in [1.807, 2.05) is 29.1 Å². The second-order valence-corrected chi connectivity index (χ2v) is 6.07. The maximum atomic E-state index is 12.2. The molecular formula is C14H17N3O2S. The standard InChI is InChI=1S/C14H17N3O2S/c1-9-4-7-20-13(9)14(19)16-10-2-3-11(12(10)18)17-6-5-15-8-17/h4-8,10-12,18H,2-3H2,1H3,(H,16,19)/t10-,11-,12-/m1/s1. The van der Waals surface area contributed by atoms with E-state index in [9.17, 15) is 9.90 Å². The summed E-state index contributed by atoms with van der Waals surface area (Å²) in [6.07, 6.45) is 6.30. The van der Waals surface area contributed by atoms with Crippen molar-refractivity contribution >= 4 is 17.2 Å². The normalized spacial score (nSPS) is 25.8. The first-order valence-corrected chi connectivity index (χ1v) is 7.55. The number of nitrogens with one attached hydrogen (secondary N) is 1. The van der Waals surface area contributed by atoms with Gasteiger partial charge in [0.25, 0.3) is 5.91 Å². The Hall–Kier alpha value is -1.66. The Labute approximate surface area is 121 Å². The van der Waals surface area contributed by atoms with Crippen LogP contribution in [0.3, 0.4) is 0 Å². The molecule has 3 atom stereocenters. The number of hydrogen-bond donors (Lipinski definition) is 2. The van der Waals surface area contributed by atoms with E-state index in [1.165, 1.54) is 11.3 Å². The maximum absolute atomic E-state index is 12.2. The Morgan fingerprint density at radius 2 is 2.40 bits per heavy atom. The van der Waals surface area contributed by atoms with Crippen LogP contribution < -0.4 is 5.32 Å². The fourth-order valence-electron chi connectivity index (χ4n) is 2.75. The van der Waals surface area contributed by atoms with Crippen molar-refractivity contribution in [2.24, 2.45) is 0 Å². The first kappa shape index (κ1) is 13.3. The summed E-state index contributed by atoms with van der Waals surface area (Å²) in [6, 6.07) is 1.72. The van der Waals surface area contributed by atoms with Gasteiger partial charge in [-0.3, -0.25) is 4.79 Å². The molecule has 2 heterocycles. The SMILES string of the molecule is Cc1ccsc1C(=O)N[C@@H]1CC[C@@H](n2ccnc2)[C@@H]1O. The highest BCUT2D eigenvalue weighted by molar-refractivity contribution is 7.12. The molecule has 0 radical (unpaired) electrons. The molecule has 1 aliphatic carbocycles. The minimum Gasteiger partial charge on any atom is -0.389 e. The van der Waals surface area contributed by atoms with Gasteiger partial charge in [-0.25, -0.2) is 4.98 Å². The molecule has 2 N–H and O–H groups in total. The van der Waals surface area contributed by atoms with Crippen LogP contribution in [-0.4, -0.2) is 32.7 Å². The average Bonchev–Trinajstić information content (AvgIpc) is 3.12. The molecule has 0 unspecified atom stereocenters. The predicted octanol–water partition coefficient (Wildman–Crippen LogP) is 1.75. The van der Waals surface area contributed by atoms with Crippen molar-refractivity contribution in [2.75, 3.05) is 0 Å². The summed E-state index contributed by atoms with van der Waals surface area (Å²) in [4.78, 5) is 16.9. The molecule has 0 saturated heterocycles. The molecule has 0 aromatic carbocycles. The molecule has 2 aromatic heterocycles. The number of nitrogens with zero attached hydrogens (tertiary/aromatic N) is 2. The molecule has 1 saturated carbocycles. The first-order valence-electron chi connectivity index (χ1n) is 6.67. The molecule has 2 aromatic rings. The van der Waals surface area contributed by atoms with Crippen molar-refractivity contribution in [3.05, 3.63) is 40.6 Å². The molecule has 1 fully saturated rings. The van der Waals surface area contributed by atoms with Gasteiger partial charge in [0.05, 0.1) is 29.4 Å². The van der Waals surface area contributed by atoms with Gasteiger partial charge in [-0.05, 0) is 36.8 Å². The Bertz CT molecular complexity index is 593. The van der Waals surface area contributed by atoms with Gasteiger partial charge in [0.15, 0.2) is 0 Å². The van der Waals surface area contributed by atoms with Gasteiger partial charge in [0.1, 0.15) is 0 Å². The van der Waals surface area contributed by atoms with Crippen molar-refractivity contribution in [2.45, 2.75) is 38.0 Å². The lowest BCUT2D eigenvalue weighted by Crippen LogP contribution is -2.41. The van der Waals surface area contributed by atoms with E-state index in [4.69, 9.17) is 0 Å². The third-order valence-corrected chi connectivity index (χ3v) is 4.89. The van der Waals surface area contributed by atoms with Gasteiger partial charge in [-0.2, -0.15) is 0 Å². The van der Waals surface area contributed by atoms with Gasteiger partial charge in [0, 0.05) is 12.4 Å². The number of rotatable bonds is 3. The van der Waals surface area contributed by atoms with Crippen molar-refractivity contribution in [1.29, 1.82) is 0 Å². The zero-order valence-electron chi connectivity index (χ0n) is 11.2. The molecule has 0 aliphatic heterocycles. The number of aliphatic hydroxyl groups excluding tert-OH is 1. The number of carbonyl (C=O) groups excluding carboxylic acids is 1. The molecule has 1 amide bonds. The molecule has 106 valence electrons. The van der Waals surface area contributed by atoms with Gasteiger partial charge in [-0.1, -0.05) is 0 Å². The summed E-state index contributed by atoms with van der Waals surface area (Å²) in [5.74, 6) is -0.0900. The predicted molar refractivity (Wildman–Crippen MR) is 76.8 cm³/mol. The number of aromatic nitrogens is 2. The number of hydrogen-bond acceptors (Lipinski definition) is 4. The topological polar surface area (TPSA) is 67.2 Å². The van der Waals surface area contributed by atoms with Crippen LogP contribution in [0, 0.1) is 6.92 Å². The second-order valence-electron chi connectivity index (χ2n) is 5.16. The van der Waals surface area contributed by atoms with E-state index in [1.54, 1.807) is 12.5 Å². The fourth-order valence-corrected chi connectivity index (χ4v) is 3.58. The van der Waals surface area contributed by atoms with Crippen LogP contribution in [0.1, 0.15) is 34.1 Å². The zero-order chi connectivity index (χ0) is 14.1. The van der Waals surface area contributed by atoms with E-state index in [0.717, 1.165) is 23.3 Å². The number of carbonyl (C=O) groups is 1. The molecule has 5 nitrogen and oxygen atoms in total. The lowest BCUT2D eigenvalue weighted by Gasteiger charge is -2.21. The largest absolute Gasteiger partial charge is 0.389 e. The zero-order valence-corrected chi connectivity index (χ0v) is 12.0. The Kier molecular flexibility index (Phi) is 3.58. The van der Waals surface area contributed by atoms with E-state index in [0.29, 0.717) is 0 Å². The Morgan fingerprint density at radius 1 is 1.55 bits per heavy atom. The fraction of sp³-hybridized carbons (Fsp3) is 0.429. The Balaban J connectivity index is 1.68. The van der Waals surface area contributed by atoms with Gasteiger partial charge >= 0.3 is 0 Å². The summed E-state index contributed by atoms with van der Waals surface area (Å²) >= 11 is 1.43. The van der Waals surface area contributed by atoms with Crippen molar-refractivity contribution in [3.8, 4) is 0 Å². The van der Waals surface area contributed by atoms with Crippen molar-refractivity contribution < 1.29 is 9.90 Å². The number of aliphatic hydroxyl groups is 1. The molecule has 1 aliphatic rings. The molecule has 0 spiro atoms. The van der Waals surface area contributed by atoms with Crippen LogP contribution in [0.5, 0.6) is 0 Å². The lowest BCUT2D eigenvalue weighted by atomic mass is 10.1. The lowest BCUT2D eigenvalue weighted by molar-refractivity contribution is 0.0816. The van der Waals surface area contributed by atoms with Crippen LogP contribution in [-0.2, 0) is 0 Å². The summed E-state index contributed by atoms with van der Waals surface area (Å²) in [6.45, 7) is 1.92. The maximum Gasteiger partial charge on any atom is 0.261 e. The van der Waals surface area contributed by atoms with Gasteiger partial charge in [-0.15, -0.1) is 11.3 Å². The highest BCUT2D eigenvalue weighted by Gasteiger charge is 2.36. The smallest absolute Gasteiger partial charge is 0.261 e. The number of imidazole rings is 1. The summed E-state index contributed by atoms with van der Waals surface area (Å²) < 4.78 is 1.91. The monoisotopic (exact) mass is 291 g/mol. The molecule has 20 heavy (non-hydrogen) atoms. The number of amides is 1. The Morgan fingerprint density at radius 3 is 3.05 bits per heavy atom. The number of thiophene rings is 1. The second kappa shape index (κ2) is 5.38. The average molecular weight is 291 g/mol. The minimum atomic E-state index is -0.576. The highest BCUT2D eigenvalue weighted by atomic mass is 32.1. The molecular weight excluding hydrogens is 274 g/mol. The van der Waals surface area contributed by atoms with E-state index < -0.39 is 6.10 Å². The minimum absolute atomic E-state index is 0.00719. The summed E-state index contributed by atoms with van der Waals surface area (Å²) in [5.41, 5.74) is 0.978.